The van der Waals surface area contributed by atoms with Gasteiger partial charge in [-0.3, -0.25) is 4.79 Å². The van der Waals surface area contributed by atoms with Crippen molar-refractivity contribution in [2.75, 3.05) is 13.6 Å². The van der Waals surface area contributed by atoms with E-state index in [0.717, 1.165) is 19.4 Å². The van der Waals surface area contributed by atoms with Crippen LogP contribution < -0.4 is 5.32 Å². The van der Waals surface area contributed by atoms with Crippen LogP contribution in [-0.2, 0) is 4.79 Å². The van der Waals surface area contributed by atoms with E-state index < -0.39 is 5.97 Å². The van der Waals surface area contributed by atoms with Gasteiger partial charge >= 0.3 is 12.0 Å². The van der Waals surface area contributed by atoms with Gasteiger partial charge in [-0.15, -0.1) is 0 Å². The van der Waals surface area contributed by atoms with Gasteiger partial charge in [-0.1, -0.05) is 0 Å². The van der Waals surface area contributed by atoms with Gasteiger partial charge in [0.1, 0.15) is 0 Å². The monoisotopic (exact) mass is 240 g/mol. The molecule has 5 heteroatoms. The van der Waals surface area contributed by atoms with E-state index in [1.165, 1.54) is 12.8 Å². The first kappa shape index (κ1) is 12.2. The average molecular weight is 240 g/mol. The molecule has 1 atom stereocenters. The summed E-state index contributed by atoms with van der Waals surface area (Å²) in [5.74, 6) is 0.181. The molecule has 2 amide bonds. The number of rotatable bonds is 6. The number of carbonyl (C=O) groups excluding carboxylic acids is 1. The maximum atomic E-state index is 11.9. The van der Waals surface area contributed by atoms with Crippen LogP contribution in [-0.4, -0.2) is 41.6 Å². The molecule has 2 N–H and O–H groups in total. The Morgan fingerprint density at radius 3 is 2.47 bits per heavy atom. The number of amides is 2. The highest BCUT2D eigenvalue weighted by Crippen LogP contribution is 2.34. The third-order valence-electron chi connectivity index (χ3n) is 3.47. The lowest BCUT2D eigenvalue weighted by molar-refractivity contribution is -0.137. The minimum Gasteiger partial charge on any atom is -0.481 e. The molecular formula is C12H20N2O3. The summed E-state index contributed by atoms with van der Waals surface area (Å²) < 4.78 is 0. The Morgan fingerprint density at radius 1 is 1.35 bits per heavy atom. The Labute approximate surface area is 101 Å². The molecule has 2 aliphatic carbocycles. The Morgan fingerprint density at radius 2 is 2.00 bits per heavy atom. The van der Waals surface area contributed by atoms with Crippen molar-refractivity contribution < 1.29 is 14.7 Å². The second-order valence-electron chi connectivity index (χ2n) is 5.32. The van der Waals surface area contributed by atoms with Crippen molar-refractivity contribution in [1.29, 1.82) is 0 Å². The first-order valence-corrected chi connectivity index (χ1v) is 6.29. The number of nitrogens with zero attached hydrogens (tertiary/aromatic N) is 1. The van der Waals surface area contributed by atoms with Crippen molar-refractivity contribution in [2.45, 2.75) is 38.1 Å². The molecule has 0 aromatic carbocycles. The number of urea groups is 1. The molecule has 5 nitrogen and oxygen atoms in total. The van der Waals surface area contributed by atoms with Crippen LogP contribution in [0.5, 0.6) is 0 Å². The van der Waals surface area contributed by atoms with E-state index >= 15 is 0 Å². The number of carbonyl (C=O) groups is 2. The molecule has 2 aliphatic rings. The predicted molar refractivity (Wildman–Crippen MR) is 62.7 cm³/mol. The fraction of sp³-hybridized carbons (Fsp3) is 0.833. The highest BCUT2D eigenvalue weighted by atomic mass is 16.4. The quantitative estimate of drug-likeness (QED) is 0.735. The second kappa shape index (κ2) is 4.94. The molecule has 0 bridgehead atoms. The van der Waals surface area contributed by atoms with E-state index in [2.05, 4.69) is 5.32 Å². The van der Waals surface area contributed by atoms with Crippen LogP contribution in [0.2, 0.25) is 0 Å². The highest BCUT2D eigenvalue weighted by molar-refractivity contribution is 5.75. The molecule has 0 heterocycles. The summed E-state index contributed by atoms with van der Waals surface area (Å²) in [6.07, 6.45) is 4.51. The summed E-state index contributed by atoms with van der Waals surface area (Å²) in [7, 11) is 1.78. The van der Waals surface area contributed by atoms with Gasteiger partial charge in [0.05, 0.1) is 6.42 Å². The van der Waals surface area contributed by atoms with Crippen molar-refractivity contribution >= 4 is 12.0 Å². The normalized spacial score (nSPS) is 20.8. The number of hydrogen-bond acceptors (Lipinski definition) is 2. The van der Waals surface area contributed by atoms with Crippen molar-refractivity contribution in [2.24, 2.45) is 11.8 Å². The maximum absolute atomic E-state index is 11.9. The van der Waals surface area contributed by atoms with Crippen molar-refractivity contribution in [1.82, 2.24) is 10.2 Å². The van der Waals surface area contributed by atoms with E-state index in [1.807, 2.05) is 0 Å². The molecule has 0 spiro atoms. The predicted octanol–water partition coefficient (Wildman–Crippen LogP) is 1.29. The van der Waals surface area contributed by atoms with Gasteiger partial charge < -0.3 is 15.3 Å². The highest BCUT2D eigenvalue weighted by Gasteiger charge is 2.34. The first-order chi connectivity index (χ1) is 8.06. The zero-order valence-corrected chi connectivity index (χ0v) is 10.2. The van der Waals surface area contributed by atoms with Crippen LogP contribution in [0.25, 0.3) is 0 Å². The van der Waals surface area contributed by atoms with Gasteiger partial charge in [0.25, 0.3) is 0 Å². The molecule has 0 saturated heterocycles. The minimum atomic E-state index is -0.841. The van der Waals surface area contributed by atoms with Gasteiger partial charge in [-0.05, 0) is 37.5 Å². The smallest absolute Gasteiger partial charge is 0.317 e. The molecule has 0 aliphatic heterocycles. The molecule has 96 valence electrons. The SMILES string of the molecule is CN(CC1CC1)C(=O)NC(CC(=O)O)C1CC1. The lowest BCUT2D eigenvalue weighted by atomic mass is 10.1. The molecule has 17 heavy (non-hydrogen) atoms. The van der Waals surface area contributed by atoms with Crippen molar-refractivity contribution in [3.63, 3.8) is 0 Å². The van der Waals surface area contributed by atoms with Crippen LogP contribution in [0.4, 0.5) is 4.79 Å². The van der Waals surface area contributed by atoms with Gasteiger partial charge in [-0.2, -0.15) is 0 Å². The van der Waals surface area contributed by atoms with E-state index in [0.29, 0.717) is 11.8 Å². The van der Waals surface area contributed by atoms with Crippen LogP contribution in [0.1, 0.15) is 32.1 Å². The molecular weight excluding hydrogens is 220 g/mol. The minimum absolute atomic E-state index is 0.0354. The van der Waals surface area contributed by atoms with E-state index in [9.17, 15) is 9.59 Å². The number of carboxylic acid groups (broad SMARTS) is 1. The lowest BCUT2D eigenvalue weighted by Gasteiger charge is -2.22. The fourth-order valence-electron chi connectivity index (χ4n) is 2.06. The van der Waals surface area contributed by atoms with E-state index in [1.54, 1.807) is 11.9 Å². The molecule has 0 aromatic heterocycles. The van der Waals surface area contributed by atoms with E-state index in [-0.39, 0.29) is 18.5 Å². The first-order valence-electron chi connectivity index (χ1n) is 6.29. The van der Waals surface area contributed by atoms with Gasteiger partial charge in [0.2, 0.25) is 0 Å². The number of hydrogen-bond donors (Lipinski definition) is 2. The largest absolute Gasteiger partial charge is 0.481 e. The van der Waals surface area contributed by atoms with Crippen molar-refractivity contribution in [3.8, 4) is 0 Å². The summed E-state index contributed by atoms with van der Waals surface area (Å²) in [4.78, 5) is 24.2. The van der Waals surface area contributed by atoms with Gasteiger partial charge in [-0.25, -0.2) is 4.79 Å². The second-order valence-corrected chi connectivity index (χ2v) is 5.32. The summed E-state index contributed by atoms with van der Waals surface area (Å²) in [5, 5.41) is 11.7. The zero-order chi connectivity index (χ0) is 12.4. The Bertz CT molecular complexity index is 311. The van der Waals surface area contributed by atoms with Gasteiger partial charge in [0.15, 0.2) is 0 Å². The molecule has 2 rings (SSSR count). The third-order valence-corrected chi connectivity index (χ3v) is 3.47. The van der Waals surface area contributed by atoms with Crippen molar-refractivity contribution in [3.05, 3.63) is 0 Å². The van der Waals surface area contributed by atoms with Crippen LogP contribution in [0.15, 0.2) is 0 Å². The topological polar surface area (TPSA) is 69.6 Å². The molecule has 1 unspecified atom stereocenters. The average Bonchev–Trinajstić information content (AvgIpc) is 3.10. The summed E-state index contributed by atoms with van der Waals surface area (Å²) >= 11 is 0. The number of carboxylic acids is 1. The number of nitrogens with one attached hydrogen (secondary N) is 1. The maximum Gasteiger partial charge on any atom is 0.317 e. The third kappa shape index (κ3) is 3.91. The van der Waals surface area contributed by atoms with Crippen LogP contribution in [0, 0.1) is 11.8 Å². The summed E-state index contributed by atoms with van der Waals surface area (Å²) in [5.41, 5.74) is 0. The van der Waals surface area contributed by atoms with E-state index in [4.69, 9.17) is 5.11 Å². The van der Waals surface area contributed by atoms with Crippen LogP contribution in [0.3, 0.4) is 0 Å². The molecule has 0 radical (unpaired) electrons. The number of aliphatic carboxylic acids is 1. The fourth-order valence-corrected chi connectivity index (χ4v) is 2.06. The molecule has 0 aromatic rings. The summed E-state index contributed by atoms with van der Waals surface area (Å²) in [6.45, 7) is 0.788. The zero-order valence-electron chi connectivity index (χ0n) is 10.2. The lowest BCUT2D eigenvalue weighted by Crippen LogP contribution is -2.45. The Kier molecular flexibility index (Phi) is 3.54. The Balaban J connectivity index is 1.78. The molecule has 2 fully saturated rings. The Hall–Kier alpha value is -1.26. The van der Waals surface area contributed by atoms with Crippen LogP contribution >= 0.6 is 0 Å². The molecule has 2 saturated carbocycles. The van der Waals surface area contributed by atoms with Gasteiger partial charge in [0, 0.05) is 19.6 Å². The summed E-state index contributed by atoms with van der Waals surface area (Å²) in [6, 6.07) is -0.322. The standard InChI is InChI=1S/C12H20N2O3/c1-14(7-8-2-3-8)12(17)13-10(6-11(15)16)9-4-5-9/h8-10H,2-7H2,1H3,(H,13,17)(H,15,16).